The van der Waals surface area contributed by atoms with Crippen LogP contribution in [0.25, 0.3) is 10.2 Å². The third-order valence-electron chi connectivity index (χ3n) is 4.76. The first-order chi connectivity index (χ1) is 13.8. The van der Waals surface area contributed by atoms with Gasteiger partial charge in [0.15, 0.2) is 5.13 Å². The Hall–Kier alpha value is -2.69. The Labute approximate surface area is 172 Å². The summed E-state index contributed by atoms with van der Waals surface area (Å²) < 4.78 is 29.4. The molecule has 0 bridgehead atoms. The van der Waals surface area contributed by atoms with Crippen LogP contribution in [-0.2, 0) is 10.0 Å². The van der Waals surface area contributed by atoms with Crippen LogP contribution in [0.1, 0.15) is 23.2 Å². The molecule has 0 saturated carbocycles. The number of methoxy groups -OCH3 is 1. The van der Waals surface area contributed by atoms with Crippen LogP contribution in [0.4, 0.5) is 10.8 Å². The van der Waals surface area contributed by atoms with E-state index in [0.29, 0.717) is 5.69 Å². The molecule has 0 spiro atoms. The van der Waals surface area contributed by atoms with Crippen molar-refractivity contribution in [3.8, 4) is 5.75 Å². The van der Waals surface area contributed by atoms with Crippen LogP contribution < -0.4 is 20.1 Å². The van der Waals surface area contributed by atoms with Crippen molar-refractivity contribution >= 4 is 48.3 Å². The minimum Gasteiger partial charge on any atom is -0.496 e. The highest BCUT2D eigenvalue weighted by Crippen LogP contribution is 2.32. The number of ether oxygens (including phenoxy) is 1. The summed E-state index contributed by atoms with van der Waals surface area (Å²) in [7, 11) is -2.53. The number of thiazole rings is 1. The SMILES string of the molecule is COc1ccc(S(N)(=O)=O)cc1C(=O)Nc1ccc2nc(N3CCCC3)sc2c1. The molecule has 0 radical (unpaired) electrons. The molecular weight excluding hydrogens is 412 g/mol. The van der Waals surface area contributed by atoms with Gasteiger partial charge in [0.05, 0.1) is 27.8 Å². The third-order valence-corrected chi connectivity index (χ3v) is 6.75. The zero-order valence-corrected chi connectivity index (χ0v) is 17.3. The minimum absolute atomic E-state index is 0.0844. The Kier molecular flexibility index (Phi) is 5.15. The highest BCUT2D eigenvalue weighted by molar-refractivity contribution is 7.89. The molecule has 1 amide bonds. The summed E-state index contributed by atoms with van der Waals surface area (Å²) in [4.78, 5) is 19.6. The van der Waals surface area contributed by atoms with E-state index in [0.717, 1.165) is 28.4 Å². The van der Waals surface area contributed by atoms with Crippen LogP contribution in [0.3, 0.4) is 0 Å². The molecule has 8 nitrogen and oxygen atoms in total. The number of nitrogens with zero attached hydrogens (tertiary/aromatic N) is 2. The summed E-state index contributed by atoms with van der Waals surface area (Å²) in [5.41, 5.74) is 1.55. The molecule has 3 N–H and O–H groups in total. The molecule has 1 aromatic heterocycles. The molecule has 1 aliphatic heterocycles. The standard InChI is InChI=1S/C19H20N4O4S2/c1-27-16-7-5-13(29(20,25)26)11-14(16)18(24)21-12-4-6-15-17(10-12)28-19(22-15)23-8-2-3-9-23/h4-7,10-11H,2-3,8-9H2,1H3,(H,21,24)(H2,20,25,26). The van der Waals surface area contributed by atoms with Crippen LogP contribution in [0.5, 0.6) is 5.75 Å². The number of anilines is 2. The molecule has 0 aliphatic carbocycles. The van der Waals surface area contributed by atoms with Crippen molar-refractivity contribution in [3.05, 3.63) is 42.0 Å². The number of carbonyl (C=O) groups is 1. The van der Waals surface area contributed by atoms with Gasteiger partial charge in [0.2, 0.25) is 10.0 Å². The number of primary sulfonamides is 1. The second-order valence-corrected chi connectivity index (χ2v) is 9.30. The van der Waals surface area contributed by atoms with E-state index in [1.165, 1.54) is 38.2 Å². The number of nitrogens with two attached hydrogens (primary N) is 1. The zero-order chi connectivity index (χ0) is 20.6. The smallest absolute Gasteiger partial charge is 0.259 e. The highest BCUT2D eigenvalue weighted by Gasteiger charge is 2.19. The predicted molar refractivity (Wildman–Crippen MR) is 113 cm³/mol. The topological polar surface area (TPSA) is 115 Å². The predicted octanol–water partition coefficient (Wildman–Crippen LogP) is 2.80. The first-order valence-electron chi connectivity index (χ1n) is 9.03. The van der Waals surface area contributed by atoms with E-state index >= 15 is 0 Å². The van der Waals surface area contributed by atoms with Crippen molar-refractivity contribution in [2.24, 2.45) is 5.14 Å². The van der Waals surface area contributed by atoms with E-state index in [4.69, 9.17) is 9.88 Å². The Balaban J connectivity index is 1.61. The normalized spacial score (nSPS) is 14.3. The van der Waals surface area contributed by atoms with Gasteiger partial charge in [0.25, 0.3) is 5.91 Å². The van der Waals surface area contributed by atoms with Gasteiger partial charge in [-0.15, -0.1) is 0 Å². The van der Waals surface area contributed by atoms with Crippen molar-refractivity contribution in [2.45, 2.75) is 17.7 Å². The fourth-order valence-electron chi connectivity index (χ4n) is 3.27. The summed E-state index contributed by atoms with van der Waals surface area (Å²) in [5.74, 6) is -0.235. The Bertz CT molecular complexity index is 1180. The largest absolute Gasteiger partial charge is 0.496 e. The number of sulfonamides is 1. The van der Waals surface area contributed by atoms with Crippen molar-refractivity contribution in [1.82, 2.24) is 4.98 Å². The number of fused-ring (bicyclic) bond motifs is 1. The summed E-state index contributed by atoms with van der Waals surface area (Å²) >= 11 is 1.59. The monoisotopic (exact) mass is 432 g/mol. The van der Waals surface area contributed by atoms with E-state index in [2.05, 4.69) is 15.2 Å². The molecule has 2 aromatic carbocycles. The van der Waals surface area contributed by atoms with Crippen molar-refractivity contribution in [1.29, 1.82) is 0 Å². The van der Waals surface area contributed by atoms with Crippen molar-refractivity contribution in [3.63, 3.8) is 0 Å². The number of rotatable bonds is 5. The Morgan fingerprint density at radius 3 is 2.66 bits per heavy atom. The maximum absolute atomic E-state index is 12.8. The lowest BCUT2D eigenvalue weighted by atomic mass is 10.2. The number of nitrogens with one attached hydrogen (secondary N) is 1. The zero-order valence-electron chi connectivity index (χ0n) is 15.7. The molecule has 1 saturated heterocycles. The lowest BCUT2D eigenvalue weighted by Gasteiger charge is -2.11. The number of benzene rings is 2. The molecule has 3 aromatic rings. The Morgan fingerprint density at radius 2 is 1.97 bits per heavy atom. The van der Waals surface area contributed by atoms with E-state index < -0.39 is 15.9 Å². The van der Waals surface area contributed by atoms with Gasteiger partial charge < -0.3 is 15.0 Å². The van der Waals surface area contributed by atoms with Gasteiger partial charge in [-0.05, 0) is 49.2 Å². The number of aromatic nitrogens is 1. The molecule has 10 heteroatoms. The van der Waals surface area contributed by atoms with Crippen LogP contribution in [0, 0.1) is 0 Å². The quantitative estimate of drug-likeness (QED) is 0.641. The van der Waals surface area contributed by atoms with Crippen LogP contribution in [0.15, 0.2) is 41.3 Å². The van der Waals surface area contributed by atoms with Gasteiger partial charge >= 0.3 is 0 Å². The molecule has 152 valence electrons. The average molecular weight is 433 g/mol. The van der Waals surface area contributed by atoms with Crippen LogP contribution in [-0.4, -0.2) is 39.5 Å². The number of carbonyl (C=O) groups excluding carboxylic acids is 1. The molecule has 29 heavy (non-hydrogen) atoms. The van der Waals surface area contributed by atoms with Crippen LogP contribution in [0.2, 0.25) is 0 Å². The lowest BCUT2D eigenvalue weighted by molar-refractivity contribution is 0.102. The number of hydrogen-bond donors (Lipinski definition) is 2. The van der Waals surface area contributed by atoms with Gasteiger partial charge in [-0.25, -0.2) is 18.5 Å². The van der Waals surface area contributed by atoms with Crippen molar-refractivity contribution < 1.29 is 17.9 Å². The van der Waals surface area contributed by atoms with Gasteiger partial charge in [-0.1, -0.05) is 11.3 Å². The lowest BCUT2D eigenvalue weighted by Crippen LogP contribution is -2.16. The first kappa shape index (κ1) is 19.6. The van der Waals surface area contributed by atoms with E-state index in [1.54, 1.807) is 17.4 Å². The van der Waals surface area contributed by atoms with Gasteiger partial charge in [-0.2, -0.15) is 0 Å². The van der Waals surface area contributed by atoms with Gasteiger partial charge in [0, 0.05) is 18.8 Å². The van der Waals surface area contributed by atoms with E-state index in [-0.39, 0.29) is 16.2 Å². The molecule has 0 unspecified atom stereocenters. The molecule has 2 heterocycles. The first-order valence-corrected chi connectivity index (χ1v) is 11.4. The minimum atomic E-state index is -3.94. The summed E-state index contributed by atoms with van der Waals surface area (Å²) in [6.45, 7) is 2.03. The number of hydrogen-bond acceptors (Lipinski definition) is 7. The molecule has 1 fully saturated rings. The van der Waals surface area contributed by atoms with Crippen LogP contribution >= 0.6 is 11.3 Å². The molecular formula is C19H20N4O4S2. The molecule has 4 rings (SSSR count). The van der Waals surface area contributed by atoms with Crippen molar-refractivity contribution in [2.75, 3.05) is 30.4 Å². The van der Waals surface area contributed by atoms with E-state index in [1.807, 2.05) is 12.1 Å². The molecule has 0 atom stereocenters. The maximum atomic E-state index is 12.8. The van der Waals surface area contributed by atoms with Gasteiger partial charge in [-0.3, -0.25) is 4.79 Å². The summed E-state index contributed by atoms with van der Waals surface area (Å²) in [6.07, 6.45) is 2.35. The maximum Gasteiger partial charge on any atom is 0.259 e. The summed E-state index contributed by atoms with van der Waals surface area (Å²) in [5, 5.41) is 8.96. The third kappa shape index (κ3) is 4.04. The fraction of sp³-hybridized carbons (Fsp3) is 0.263. The Morgan fingerprint density at radius 1 is 1.21 bits per heavy atom. The average Bonchev–Trinajstić information content (AvgIpc) is 3.35. The second-order valence-electron chi connectivity index (χ2n) is 6.73. The second kappa shape index (κ2) is 7.62. The van der Waals surface area contributed by atoms with Gasteiger partial charge in [0.1, 0.15) is 5.75 Å². The molecule has 1 aliphatic rings. The number of amides is 1. The highest BCUT2D eigenvalue weighted by atomic mass is 32.2. The summed E-state index contributed by atoms with van der Waals surface area (Å²) in [6, 6.07) is 9.40. The fourth-order valence-corrected chi connectivity index (χ4v) is 4.87. The van der Waals surface area contributed by atoms with E-state index in [9.17, 15) is 13.2 Å².